The van der Waals surface area contributed by atoms with Gasteiger partial charge in [0.25, 0.3) is 0 Å². The molecule has 1 unspecified atom stereocenters. The molecule has 0 amide bonds. The fourth-order valence-electron chi connectivity index (χ4n) is 7.88. The third kappa shape index (κ3) is 63.8. The van der Waals surface area contributed by atoms with E-state index in [4.69, 9.17) is 0 Å². The molecule has 1 atom stereocenters. The van der Waals surface area contributed by atoms with Gasteiger partial charge in [0.2, 0.25) is 0 Å². The molecule has 0 rings (SSSR count). The van der Waals surface area contributed by atoms with Gasteiger partial charge in [-0.1, -0.05) is 239 Å². The third-order valence-electron chi connectivity index (χ3n) is 14.3. The molecule has 0 saturated carbocycles. The maximum Gasteiger partial charge on any atom is -0.0161 e. The summed E-state index contributed by atoms with van der Waals surface area (Å²) in [6.07, 6.45) is 62.9. The largest absolute Gasteiger partial charge is 0.0998 e. The highest BCUT2D eigenvalue weighted by atomic mass is 14.1. The van der Waals surface area contributed by atoms with Gasteiger partial charge in [-0.15, -0.1) is 0 Å². The van der Waals surface area contributed by atoms with Crippen molar-refractivity contribution in [2.75, 3.05) is 0 Å². The smallest absolute Gasteiger partial charge is 0.0161 e. The topological polar surface area (TPSA) is 0 Å². The number of hydrogen-bond acceptors (Lipinski definition) is 0. The van der Waals surface area contributed by atoms with Crippen LogP contribution in [0.25, 0.3) is 0 Å². The second-order valence-corrected chi connectivity index (χ2v) is 23.7. The van der Waals surface area contributed by atoms with E-state index >= 15 is 0 Å². The van der Waals surface area contributed by atoms with Crippen LogP contribution >= 0.6 is 0 Å². The van der Waals surface area contributed by atoms with Crippen LogP contribution in [0.3, 0.4) is 0 Å². The third-order valence-corrected chi connectivity index (χ3v) is 14.3. The molecule has 454 valence electrons. The molecule has 0 bridgehead atoms. The Morgan fingerprint density at radius 2 is 0.642 bits per heavy atom. The van der Waals surface area contributed by atoms with Gasteiger partial charge in [0, 0.05) is 0 Å². The van der Waals surface area contributed by atoms with Crippen LogP contribution in [0.4, 0.5) is 0 Å². The van der Waals surface area contributed by atoms with E-state index in [0.717, 1.165) is 80.9 Å². The average Bonchev–Trinajstić information content (AvgIpc) is 3.41. The van der Waals surface area contributed by atoms with Crippen molar-refractivity contribution in [3.05, 3.63) is 239 Å². The number of rotatable bonds is 39. The van der Waals surface area contributed by atoms with Crippen molar-refractivity contribution in [2.24, 2.45) is 5.92 Å². The summed E-state index contributed by atoms with van der Waals surface area (Å²) in [5.41, 5.74) is 22.2. The van der Waals surface area contributed by atoms with Gasteiger partial charge >= 0.3 is 0 Å². The predicted octanol–water partition coefficient (Wildman–Crippen LogP) is 28.0. The molecular formula is C81H130. The summed E-state index contributed by atoms with van der Waals surface area (Å²) >= 11 is 0. The van der Waals surface area contributed by atoms with E-state index in [0.29, 0.717) is 5.92 Å². The second-order valence-electron chi connectivity index (χ2n) is 23.7. The number of hydrogen-bond donors (Lipinski definition) is 0. The van der Waals surface area contributed by atoms with Crippen LogP contribution in [-0.2, 0) is 0 Å². The van der Waals surface area contributed by atoms with Crippen molar-refractivity contribution in [2.45, 2.75) is 266 Å². The minimum Gasteiger partial charge on any atom is -0.0998 e. The van der Waals surface area contributed by atoms with Crippen LogP contribution in [-0.4, -0.2) is 0 Å². The maximum absolute atomic E-state index is 4.14. The van der Waals surface area contributed by atoms with Crippen molar-refractivity contribution < 1.29 is 0 Å². The average molecular weight is 1100 g/mol. The Kier molecular flexibility index (Phi) is 57.5. The van der Waals surface area contributed by atoms with Gasteiger partial charge in [-0.2, -0.15) is 0 Å². The van der Waals surface area contributed by atoms with Crippen LogP contribution in [0.15, 0.2) is 239 Å². The van der Waals surface area contributed by atoms with Gasteiger partial charge in [0.15, 0.2) is 0 Å². The SMILES string of the molecule is C=C(C)/C=C/CC(CC/C=C(\C)CC/C(C)=C/C)C(=C)C.C=C/C(C)=C/C/C=C(\C)CC/C=C(\C)CCC=C(C)C.C=CC(=C)CC/C=C(\C)CC/C=C(\C)CC/C(C)=C/C.C=CC(=C)CC/C=C(\C)CC/C=C(\C)CCC=C(C)C. The van der Waals surface area contributed by atoms with Crippen LogP contribution < -0.4 is 0 Å². The van der Waals surface area contributed by atoms with E-state index in [9.17, 15) is 0 Å². The Morgan fingerprint density at radius 3 is 0.951 bits per heavy atom. The molecule has 0 aromatic rings. The second kappa shape index (κ2) is 56.7. The first-order chi connectivity index (χ1) is 38.3. The zero-order valence-electron chi connectivity index (χ0n) is 56.9. The van der Waals surface area contributed by atoms with Crippen molar-refractivity contribution in [1.82, 2.24) is 0 Å². The minimum atomic E-state index is 0.585. The van der Waals surface area contributed by atoms with Gasteiger partial charge in [0.1, 0.15) is 0 Å². The highest BCUT2D eigenvalue weighted by Gasteiger charge is 2.07. The van der Waals surface area contributed by atoms with Gasteiger partial charge < -0.3 is 0 Å². The normalized spacial score (nSPS) is 13.4. The fourth-order valence-corrected chi connectivity index (χ4v) is 7.88. The first-order valence-corrected chi connectivity index (χ1v) is 31.2. The molecule has 0 fully saturated rings. The Bertz CT molecular complexity index is 2220. The molecule has 0 heterocycles. The molecule has 81 heavy (non-hydrogen) atoms. The highest BCUT2D eigenvalue weighted by Crippen LogP contribution is 2.23. The van der Waals surface area contributed by atoms with Gasteiger partial charge in [-0.3, -0.25) is 0 Å². The van der Waals surface area contributed by atoms with Gasteiger partial charge in [-0.05, 0) is 272 Å². The monoisotopic (exact) mass is 1100 g/mol. The van der Waals surface area contributed by atoms with E-state index < -0.39 is 0 Å². The molecule has 0 aliphatic heterocycles. The fraction of sp³-hybridized carbons (Fsp3) is 0.506. The van der Waals surface area contributed by atoms with Crippen LogP contribution in [0.5, 0.6) is 0 Å². The molecule has 0 nitrogen and oxygen atoms in total. The van der Waals surface area contributed by atoms with Crippen LogP contribution in [0.1, 0.15) is 266 Å². The maximum atomic E-state index is 4.14. The molecule has 0 aliphatic carbocycles. The Hall–Kier alpha value is -5.20. The summed E-state index contributed by atoms with van der Waals surface area (Å²) < 4.78 is 0. The highest BCUT2D eigenvalue weighted by molar-refractivity contribution is 5.17. The molecule has 0 aromatic heterocycles. The van der Waals surface area contributed by atoms with Crippen molar-refractivity contribution in [3.8, 4) is 0 Å². The Morgan fingerprint density at radius 1 is 0.333 bits per heavy atom. The Labute approximate surface area is 507 Å². The molecule has 0 heteroatoms. The van der Waals surface area contributed by atoms with Gasteiger partial charge in [0.05, 0.1) is 0 Å². The lowest BCUT2D eigenvalue weighted by Crippen LogP contribution is -1.99. The standard InChI is InChI=1S/C21H34.3C20H32/c1-8-19(6)15-16-20(7)12-10-14-21(18(4)5)13-9-11-17(2)3;2*1-7-18(4)12-9-14-20(6)16-10-15-19(5)13-8-11-17(2)3;1-7-17(3)11-9-12-19(5)13-10-14-20(6)16-15-18(4)8-2/h8-9,11-12,21H,2,4,10,13-16H2,1,3,5-7H3;7,11-12,14-15H,1,8-10,13,16H2,2-6H3;7,11,14-15H,1,4,8-10,12-13,16H2,2-3,5-6H3;7-8,12,14H,1,3,9-11,13,15-16H2,2,4-6H3/b11-9+,19-8+,20-12+;18-12+,19-15+,20-14+;19-15+,20-14+;18-8+,19-12+,20-14+. The minimum absolute atomic E-state index is 0.585. The quantitative estimate of drug-likeness (QED) is 0.0425. The molecule has 0 aliphatic rings. The van der Waals surface area contributed by atoms with Crippen molar-refractivity contribution in [3.63, 3.8) is 0 Å². The summed E-state index contributed by atoms with van der Waals surface area (Å²) in [6, 6.07) is 0. The zero-order chi connectivity index (χ0) is 62.4. The van der Waals surface area contributed by atoms with E-state index in [1.807, 2.05) is 25.2 Å². The van der Waals surface area contributed by atoms with E-state index in [1.165, 1.54) is 150 Å². The first kappa shape index (κ1) is 82.3. The zero-order valence-corrected chi connectivity index (χ0v) is 56.9. The lowest BCUT2D eigenvalue weighted by Gasteiger charge is -2.14. The summed E-state index contributed by atoms with van der Waals surface area (Å²) in [7, 11) is 0. The van der Waals surface area contributed by atoms with Crippen molar-refractivity contribution in [1.29, 1.82) is 0 Å². The summed E-state index contributed by atoms with van der Waals surface area (Å²) in [5.74, 6) is 0.585. The Balaban J connectivity index is -0.000000488. The van der Waals surface area contributed by atoms with Gasteiger partial charge in [-0.25, -0.2) is 0 Å². The lowest BCUT2D eigenvalue weighted by molar-refractivity contribution is 0.574. The van der Waals surface area contributed by atoms with Crippen molar-refractivity contribution >= 4 is 0 Å². The van der Waals surface area contributed by atoms with Crippen LogP contribution in [0, 0.1) is 5.92 Å². The molecule has 0 saturated heterocycles. The first-order valence-electron chi connectivity index (χ1n) is 31.2. The molecule has 0 N–H and O–H groups in total. The number of allylic oxidation sites excluding steroid dienone is 33. The molecular weight excluding hydrogens is 973 g/mol. The predicted molar refractivity (Wildman–Crippen MR) is 380 cm³/mol. The van der Waals surface area contributed by atoms with E-state index in [1.54, 1.807) is 0 Å². The summed E-state index contributed by atoms with van der Waals surface area (Å²) in [6.45, 7) is 66.3. The summed E-state index contributed by atoms with van der Waals surface area (Å²) in [5, 5.41) is 0. The lowest BCUT2D eigenvalue weighted by atomic mass is 9.92. The molecule has 0 aromatic carbocycles. The van der Waals surface area contributed by atoms with E-state index in [2.05, 4.69) is 249 Å². The summed E-state index contributed by atoms with van der Waals surface area (Å²) in [4.78, 5) is 0. The molecule has 0 spiro atoms. The molecule has 0 radical (unpaired) electrons. The van der Waals surface area contributed by atoms with E-state index in [-0.39, 0.29) is 0 Å². The van der Waals surface area contributed by atoms with Crippen LogP contribution in [0.2, 0.25) is 0 Å².